The zero-order valence-corrected chi connectivity index (χ0v) is 22.7. The van der Waals surface area contributed by atoms with Gasteiger partial charge in [-0.2, -0.15) is 0 Å². The molecule has 0 spiro atoms. The van der Waals surface area contributed by atoms with Crippen molar-refractivity contribution < 1.29 is 79.2 Å². The van der Waals surface area contributed by atoms with E-state index in [4.69, 9.17) is 28.4 Å². The number of methoxy groups -OCH3 is 1. The monoisotopic (exact) mass is 614 g/mol. The van der Waals surface area contributed by atoms with Crippen molar-refractivity contribution in [2.45, 2.75) is 68.0 Å². The molecule has 9 N–H and O–H groups in total. The van der Waals surface area contributed by atoms with Crippen molar-refractivity contribution in [3.63, 3.8) is 0 Å². The summed E-state index contributed by atoms with van der Waals surface area (Å²) >= 11 is 0. The summed E-state index contributed by atoms with van der Waals surface area (Å²) in [6.07, 6.45) is -15.6. The molecule has 2 fully saturated rings. The van der Waals surface area contributed by atoms with Gasteiger partial charge in [-0.1, -0.05) is 18.2 Å². The molecule has 4 rings (SSSR count). The van der Waals surface area contributed by atoms with Crippen LogP contribution in [0.3, 0.4) is 0 Å². The largest absolute Gasteiger partial charge is 0.507 e. The normalized spacial score (nSPS) is 32.6. The van der Waals surface area contributed by atoms with Crippen LogP contribution in [0.1, 0.15) is 15.9 Å². The Balaban J connectivity index is 1.50. The Morgan fingerprint density at radius 3 is 1.81 bits per heavy atom. The number of para-hydroxylation sites is 1. The van der Waals surface area contributed by atoms with Crippen molar-refractivity contribution in [3.05, 3.63) is 47.5 Å². The fraction of sp³-hybridized carbons (Fsp3) is 0.519. The molecule has 43 heavy (non-hydrogen) atoms. The predicted molar refractivity (Wildman–Crippen MR) is 139 cm³/mol. The lowest BCUT2D eigenvalue weighted by atomic mass is 9.99. The molecule has 0 radical (unpaired) electrons. The van der Waals surface area contributed by atoms with Crippen LogP contribution < -0.4 is 14.2 Å². The first kappa shape index (κ1) is 32.6. The summed E-state index contributed by atoms with van der Waals surface area (Å²) in [4.78, 5) is 13.1. The van der Waals surface area contributed by atoms with Gasteiger partial charge in [0, 0.05) is 5.56 Å². The van der Waals surface area contributed by atoms with Crippen molar-refractivity contribution >= 4 is 5.97 Å². The molecular formula is C27H34O16. The summed E-state index contributed by atoms with van der Waals surface area (Å²) in [6.45, 7) is -1.79. The smallest absolute Gasteiger partial charge is 0.346 e. The third-order valence-electron chi connectivity index (χ3n) is 7.02. The van der Waals surface area contributed by atoms with E-state index in [1.165, 1.54) is 18.2 Å². The number of phenolic OH excluding ortho intramolecular Hbond substituents is 1. The van der Waals surface area contributed by atoms with Gasteiger partial charge in [0.25, 0.3) is 0 Å². The summed E-state index contributed by atoms with van der Waals surface area (Å²) in [5.41, 5.74) is -0.211. The Kier molecular flexibility index (Phi) is 10.6. The summed E-state index contributed by atoms with van der Waals surface area (Å²) in [7, 11) is 1.16. The molecule has 0 aromatic heterocycles. The van der Waals surface area contributed by atoms with Crippen LogP contribution in [0.4, 0.5) is 0 Å². The maximum absolute atomic E-state index is 13.1. The number of hydrogen-bond donors (Lipinski definition) is 9. The molecule has 2 aliphatic heterocycles. The van der Waals surface area contributed by atoms with E-state index in [0.29, 0.717) is 0 Å². The van der Waals surface area contributed by atoms with Gasteiger partial charge in [0.1, 0.15) is 72.5 Å². The van der Waals surface area contributed by atoms with Gasteiger partial charge >= 0.3 is 5.97 Å². The van der Waals surface area contributed by atoms with E-state index in [9.17, 15) is 50.8 Å². The van der Waals surface area contributed by atoms with Crippen molar-refractivity contribution in [2.75, 3.05) is 20.3 Å². The number of benzene rings is 2. The molecule has 0 unspecified atom stereocenters. The van der Waals surface area contributed by atoms with Crippen LogP contribution in [0.2, 0.25) is 0 Å². The molecular weight excluding hydrogens is 580 g/mol. The second-order valence-electron chi connectivity index (χ2n) is 9.81. The lowest BCUT2D eigenvalue weighted by Gasteiger charge is -2.39. The first-order chi connectivity index (χ1) is 20.5. The highest BCUT2D eigenvalue weighted by molar-refractivity contribution is 5.96. The molecule has 0 amide bonds. The van der Waals surface area contributed by atoms with Crippen LogP contribution in [-0.4, -0.2) is 134 Å². The Morgan fingerprint density at radius 2 is 1.28 bits per heavy atom. The molecule has 2 heterocycles. The number of aromatic hydroxyl groups is 1. The molecule has 2 aliphatic rings. The number of ether oxygens (including phenoxy) is 6. The summed E-state index contributed by atoms with van der Waals surface area (Å²) in [5.74, 6) is -2.13. The second kappa shape index (κ2) is 14.0. The van der Waals surface area contributed by atoms with E-state index >= 15 is 0 Å². The van der Waals surface area contributed by atoms with E-state index in [1.54, 1.807) is 12.1 Å². The molecule has 0 bridgehead atoms. The van der Waals surface area contributed by atoms with Gasteiger partial charge in [-0.25, -0.2) is 4.79 Å². The average Bonchev–Trinajstić information content (AvgIpc) is 3.01. The summed E-state index contributed by atoms with van der Waals surface area (Å²) in [5, 5.41) is 90.0. The molecule has 0 saturated carbocycles. The minimum atomic E-state index is -1.76. The molecule has 2 aromatic carbocycles. The van der Waals surface area contributed by atoms with Crippen molar-refractivity contribution in [1.29, 1.82) is 0 Å². The van der Waals surface area contributed by atoms with Crippen molar-refractivity contribution in [3.8, 4) is 23.0 Å². The highest BCUT2D eigenvalue weighted by atomic mass is 16.7. The highest BCUT2D eigenvalue weighted by Gasteiger charge is 2.46. The average molecular weight is 615 g/mol. The number of rotatable bonds is 10. The van der Waals surface area contributed by atoms with E-state index in [2.05, 4.69) is 0 Å². The molecule has 16 nitrogen and oxygen atoms in total. The van der Waals surface area contributed by atoms with E-state index in [0.717, 1.165) is 13.2 Å². The third-order valence-corrected chi connectivity index (χ3v) is 7.02. The second-order valence-corrected chi connectivity index (χ2v) is 9.81. The topological polar surface area (TPSA) is 255 Å². The fourth-order valence-electron chi connectivity index (χ4n) is 4.58. The van der Waals surface area contributed by atoms with Gasteiger partial charge in [0.2, 0.25) is 12.6 Å². The van der Waals surface area contributed by atoms with Crippen molar-refractivity contribution in [2.24, 2.45) is 0 Å². The molecule has 2 aromatic rings. The van der Waals surface area contributed by atoms with Crippen LogP contribution in [0.15, 0.2) is 36.4 Å². The van der Waals surface area contributed by atoms with Gasteiger partial charge in [0.05, 0.1) is 20.3 Å². The van der Waals surface area contributed by atoms with Gasteiger partial charge in [0.15, 0.2) is 11.5 Å². The molecule has 10 atom stereocenters. The number of aliphatic hydroxyl groups excluding tert-OH is 8. The lowest BCUT2D eigenvalue weighted by molar-refractivity contribution is -0.277. The number of carbonyl (C=O) groups is 1. The molecule has 2 saturated heterocycles. The van der Waals surface area contributed by atoms with Crippen molar-refractivity contribution in [1.82, 2.24) is 0 Å². The minimum absolute atomic E-state index is 0.0653. The first-order valence-corrected chi connectivity index (χ1v) is 13.1. The van der Waals surface area contributed by atoms with E-state index in [1.807, 2.05) is 0 Å². The summed E-state index contributed by atoms with van der Waals surface area (Å²) < 4.78 is 32.6. The zero-order valence-electron chi connectivity index (χ0n) is 22.7. The lowest BCUT2D eigenvalue weighted by Crippen LogP contribution is -2.60. The SMILES string of the molecule is COc1c(O[C@@H]2O[C@@H](CO)[C@@H](O)[C@@H](O)[C@@H]2O)ccc(O)c1C(=O)OCc1ccccc1O[C@H]1O[C@H](CO)[C@@H](O)[C@H](O)[C@H]1O. The summed E-state index contributed by atoms with van der Waals surface area (Å²) in [6, 6.07) is 8.40. The number of carbonyl (C=O) groups excluding carboxylic acids is 1. The Bertz CT molecular complexity index is 1240. The van der Waals surface area contributed by atoms with Gasteiger partial charge in [-0.3, -0.25) is 0 Å². The maximum atomic E-state index is 13.1. The molecule has 238 valence electrons. The van der Waals surface area contributed by atoms with Crippen LogP contribution in [0.5, 0.6) is 23.0 Å². The Labute approximate surface area is 244 Å². The van der Waals surface area contributed by atoms with Crippen LogP contribution >= 0.6 is 0 Å². The Hall–Kier alpha value is -3.29. The maximum Gasteiger partial charge on any atom is 0.346 e. The quantitative estimate of drug-likeness (QED) is 0.122. The number of phenols is 1. The third kappa shape index (κ3) is 6.78. The standard InChI is InChI=1S/C27H34O16/c1-38-24-14(41-27-23(36)21(34)19(32)16(9-29)43-27)7-6-12(30)17(24)25(37)39-10-11-4-2-3-5-13(11)40-26-22(35)20(33)18(31)15(8-28)42-26/h2-7,15-16,18-23,26-36H,8-10H2,1H3/t15-,16+,18-,19-,20+,21-,22-,23+,26+,27-/m1/s1. The number of esters is 1. The number of aliphatic hydroxyl groups is 8. The molecule has 0 aliphatic carbocycles. The predicted octanol–water partition coefficient (Wildman–Crippen LogP) is -2.88. The van der Waals surface area contributed by atoms with Crippen LogP contribution in [-0.2, 0) is 20.8 Å². The Morgan fingerprint density at radius 1 is 0.744 bits per heavy atom. The zero-order chi connectivity index (χ0) is 31.4. The van der Waals surface area contributed by atoms with Gasteiger partial charge < -0.3 is 74.4 Å². The van der Waals surface area contributed by atoms with Gasteiger partial charge in [-0.05, 0) is 18.2 Å². The minimum Gasteiger partial charge on any atom is -0.507 e. The first-order valence-electron chi connectivity index (χ1n) is 13.1. The van der Waals surface area contributed by atoms with E-state index < -0.39 is 98.5 Å². The highest BCUT2D eigenvalue weighted by Crippen LogP contribution is 2.39. The molecule has 16 heteroatoms. The van der Waals surface area contributed by atoms with Crippen LogP contribution in [0, 0.1) is 0 Å². The van der Waals surface area contributed by atoms with Crippen LogP contribution in [0.25, 0.3) is 0 Å². The van der Waals surface area contributed by atoms with E-state index in [-0.39, 0.29) is 22.8 Å². The number of hydrogen-bond acceptors (Lipinski definition) is 16. The van der Waals surface area contributed by atoms with Gasteiger partial charge in [-0.15, -0.1) is 0 Å². The fourth-order valence-corrected chi connectivity index (χ4v) is 4.58.